The van der Waals surface area contributed by atoms with Gasteiger partial charge in [-0.05, 0) is 32.1 Å². The van der Waals surface area contributed by atoms with Crippen molar-refractivity contribution in [2.45, 2.75) is 58.3 Å². The highest BCUT2D eigenvalue weighted by atomic mass is 17.2. The van der Waals surface area contributed by atoms with Gasteiger partial charge in [-0.3, -0.25) is 4.79 Å². The summed E-state index contributed by atoms with van der Waals surface area (Å²) in [5.41, 5.74) is -1.02. The molecule has 1 saturated heterocycles. The quantitative estimate of drug-likeness (QED) is 0.630. The van der Waals surface area contributed by atoms with Crippen LogP contribution in [0.15, 0.2) is 0 Å². The van der Waals surface area contributed by atoms with E-state index >= 15 is 0 Å². The zero-order valence-electron chi connectivity index (χ0n) is 12.4. The van der Waals surface area contributed by atoms with Crippen LogP contribution in [0.1, 0.15) is 46.5 Å². The number of Topliss-reactive ketones (excluding diaryl/α,β-unsaturated/α-hetero) is 1. The van der Waals surface area contributed by atoms with E-state index in [-0.39, 0.29) is 23.5 Å². The van der Waals surface area contributed by atoms with Gasteiger partial charge in [-0.1, -0.05) is 13.8 Å². The molecular weight excluding hydrogens is 260 g/mol. The van der Waals surface area contributed by atoms with Crippen LogP contribution in [0.25, 0.3) is 0 Å². The van der Waals surface area contributed by atoms with Crippen LogP contribution in [0, 0.1) is 23.7 Å². The number of aldehydes is 1. The second kappa shape index (κ2) is 5.92. The van der Waals surface area contributed by atoms with Crippen molar-refractivity contribution in [3.8, 4) is 0 Å². The van der Waals surface area contributed by atoms with Crippen molar-refractivity contribution < 1.29 is 24.5 Å². The molecule has 5 nitrogen and oxygen atoms in total. The summed E-state index contributed by atoms with van der Waals surface area (Å²) in [5.74, 6) is 0.155. The van der Waals surface area contributed by atoms with E-state index in [0.29, 0.717) is 18.8 Å². The van der Waals surface area contributed by atoms with E-state index in [1.54, 1.807) is 6.92 Å². The summed E-state index contributed by atoms with van der Waals surface area (Å²) in [5, 5.41) is 9.78. The molecule has 6 atom stereocenters. The second-order valence-corrected chi connectivity index (χ2v) is 6.41. The zero-order valence-corrected chi connectivity index (χ0v) is 12.4. The molecule has 0 spiro atoms. The zero-order chi connectivity index (χ0) is 14.9. The second-order valence-electron chi connectivity index (χ2n) is 6.41. The van der Waals surface area contributed by atoms with Gasteiger partial charge >= 0.3 is 0 Å². The highest BCUT2D eigenvalue weighted by Gasteiger charge is 2.58. The highest BCUT2D eigenvalue weighted by molar-refractivity contribution is 5.75. The molecule has 0 unspecified atom stereocenters. The van der Waals surface area contributed by atoms with Gasteiger partial charge in [-0.2, -0.15) is 0 Å². The van der Waals surface area contributed by atoms with Gasteiger partial charge < -0.3 is 9.90 Å². The van der Waals surface area contributed by atoms with E-state index in [9.17, 15) is 14.7 Å². The standard InChI is InChI=1S/C15H24O5/c1-9-4-6-13-11(3)14(18)19-20-15(13,8-16)12(9)7-5-10(2)17/h8-9,11-14,18H,4-7H2,1-3H3/t9-,11-,12+,13+,14-,15-/m1/s1. The minimum atomic E-state index is -1.02. The maximum Gasteiger partial charge on any atom is 0.191 e. The van der Waals surface area contributed by atoms with Crippen molar-refractivity contribution in [2.24, 2.45) is 23.7 Å². The van der Waals surface area contributed by atoms with Crippen molar-refractivity contribution in [2.75, 3.05) is 0 Å². The summed E-state index contributed by atoms with van der Waals surface area (Å²) in [6.07, 6.45) is 2.71. The Labute approximate surface area is 119 Å². The van der Waals surface area contributed by atoms with Crippen molar-refractivity contribution in [1.29, 1.82) is 0 Å². The van der Waals surface area contributed by atoms with Gasteiger partial charge in [-0.15, -0.1) is 0 Å². The molecule has 20 heavy (non-hydrogen) atoms. The third-order valence-electron chi connectivity index (χ3n) is 5.15. The Morgan fingerprint density at radius 1 is 1.40 bits per heavy atom. The molecule has 0 aromatic rings. The van der Waals surface area contributed by atoms with Crippen LogP contribution in [-0.2, 0) is 19.4 Å². The first-order valence-electron chi connectivity index (χ1n) is 7.40. The van der Waals surface area contributed by atoms with E-state index in [2.05, 4.69) is 6.92 Å². The van der Waals surface area contributed by atoms with Crippen LogP contribution in [-0.4, -0.2) is 29.1 Å². The van der Waals surface area contributed by atoms with Crippen LogP contribution in [0.4, 0.5) is 0 Å². The Morgan fingerprint density at radius 3 is 2.70 bits per heavy atom. The predicted octanol–water partition coefficient (Wildman–Crippen LogP) is 1.87. The molecule has 0 aromatic heterocycles. The number of hydrogen-bond donors (Lipinski definition) is 1. The van der Waals surface area contributed by atoms with Crippen LogP contribution in [0.3, 0.4) is 0 Å². The number of aliphatic hydroxyl groups excluding tert-OH is 1. The van der Waals surface area contributed by atoms with Crippen molar-refractivity contribution >= 4 is 12.1 Å². The summed E-state index contributed by atoms with van der Waals surface area (Å²) in [6.45, 7) is 5.53. The average Bonchev–Trinajstić information content (AvgIpc) is 2.41. The number of carbonyl (C=O) groups is 2. The molecule has 1 aliphatic heterocycles. The van der Waals surface area contributed by atoms with Gasteiger partial charge in [0, 0.05) is 24.2 Å². The van der Waals surface area contributed by atoms with E-state index in [4.69, 9.17) is 9.78 Å². The lowest BCUT2D eigenvalue weighted by molar-refractivity contribution is -0.471. The van der Waals surface area contributed by atoms with E-state index in [1.165, 1.54) is 0 Å². The molecule has 2 aliphatic rings. The Bertz CT molecular complexity index is 382. The Hall–Kier alpha value is -0.780. The van der Waals surface area contributed by atoms with Gasteiger partial charge in [-0.25, -0.2) is 9.78 Å². The molecule has 1 heterocycles. The third-order valence-corrected chi connectivity index (χ3v) is 5.15. The van der Waals surface area contributed by atoms with Gasteiger partial charge in [0.05, 0.1) is 0 Å². The maximum atomic E-state index is 11.8. The number of rotatable bonds is 4. The maximum absolute atomic E-state index is 11.8. The predicted molar refractivity (Wildman–Crippen MR) is 71.4 cm³/mol. The number of fused-ring (bicyclic) bond motifs is 1. The Balaban J connectivity index is 2.27. The summed E-state index contributed by atoms with van der Waals surface area (Å²) >= 11 is 0. The van der Waals surface area contributed by atoms with E-state index in [1.807, 2.05) is 6.92 Å². The lowest BCUT2D eigenvalue weighted by Crippen LogP contribution is -2.61. The van der Waals surface area contributed by atoms with Crippen LogP contribution in [0.5, 0.6) is 0 Å². The van der Waals surface area contributed by atoms with E-state index in [0.717, 1.165) is 19.1 Å². The Kier molecular flexibility index (Phi) is 4.62. The van der Waals surface area contributed by atoms with Crippen molar-refractivity contribution in [3.05, 3.63) is 0 Å². The summed E-state index contributed by atoms with van der Waals surface area (Å²) in [7, 11) is 0. The molecular formula is C15H24O5. The van der Waals surface area contributed by atoms with Gasteiger partial charge in [0.15, 0.2) is 18.2 Å². The van der Waals surface area contributed by atoms with E-state index < -0.39 is 11.9 Å². The number of ketones is 1. The molecule has 1 saturated carbocycles. The summed E-state index contributed by atoms with van der Waals surface area (Å²) < 4.78 is 0. The van der Waals surface area contributed by atoms with Gasteiger partial charge in [0.25, 0.3) is 0 Å². The lowest BCUT2D eigenvalue weighted by Gasteiger charge is -2.53. The highest BCUT2D eigenvalue weighted by Crippen LogP contribution is 2.51. The molecule has 0 amide bonds. The SMILES string of the molecule is CC(=O)CC[C@H]1[C@H](C)CC[C@H]2[C@@H](C)[C@H](O)OO[C@@]21C=O. The van der Waals surface area contributed by atoms with Crippen LogP contribution < -0.4 is 0 Å². The van der Waals surface area contributed by atoms with Crippen LogP contribution >= 0.6 is 0 Å². The largest absolute Gasteiger partial charge is 0.365 e. The fraction of sp³-hybridized carbons (Fsp3) is 0.867. The molecule has 2 rings (SSSR count). The first kappa shape index (κ1) is 15.6. The summed E-state index contributed by atoms with van der Waals surface area (Å²) in [4.78, 5) is 33.4. The molecule has 1 N–H and O–H groups in total. The normalized spacial score (nSPS) is 44.7. The van der Waals surface area contributed by atoms with Gasteiger partial charge in [0.2, 0.25) is 0 Å². The first-order chi connectivity index (χ1) is 9.42. The van der Waals surface area contributed by atoms with Crippen LogP contribution in [0.2, 0.25) is 0 Å². The van der Waals surface area contributed by atoms with Crippen molar-refractivity contribution in [1.82, 2.24) is 0 Å². The summed E-state index contributed by atoms with van der Waals surface area (Å²) in [6, 6.07) is 0. The lowest BCUT2D eigenvalue weighted by atomic mass is 9.59. The number of aliphatic hydroxyl groups is 1. The Morgan fingerprint density at radius 2 is 2.10 bits per heavy atom. The van der Waals surface area contributed by atoms with Crippen molar-refractivity contribution in [3.63, 3.8) is 0 Å². The average molecular weight is 284 g/mol. The molecule has 0 radical (unpaired) electrons. The van der Waals surface area contributed by atoms with Gasteiger partial charge in [0.1, 0.15) is 5.78 Å². The molecule has 0 aromatic carbocycles. The molecule has 5 heteroatoms. The molecule has 1 aliphatic carbocycles. The monoisotopic (exact) mass is 284 g/mol. The fourth-order valence-electron chi connectivity index (χ4n) is 3.87. The first-order valence-corrected chi connectivity index (χ1v) is 7.40. The number of hydrogen-bond acceptors (Lipinski definition) is 5. The third kappa shape index (κ3) is 2.54. The molecule has 114 valence electrons. The molecule has 2 fully saturated rings. The smallest absolute Gasteiger partial charge is 0.191 e. The fourth-order valence-corrected chi connectivity index (χ4v) is 3.87. The minimum absolute atomic E-state index is 0.0439. The number of carbonyl (C=O) groups excluding carboxylic acids is 2. The minimum Gasteiger partial charge on any atom is -0.365 e. The topological polar surface area (TPSA) is 72.8 Å². The molecule has 0 bridgehead atoms.